The second-order valence-corrected chi connectivity index (χ2v) is 5.30. The molecule has 10 heteroatoms. The average molecular weight is 362 g/mol. The third-order valence-electron chi connectivity index (χ3n) is 3.18. The molecule has 0 amide bonds. The minimum absolute atomic E-state index is 0.280. The molecule has 0 unspecified atom stereocenters. The normalized spacial score (nSPS) is 28.6. The van der Waals surface area contributed by atoms with Crippen LogP contribution in [0, 0.1) is 0 Å². The molecule has 1 saturated heterocycles. The van der Waals surface area contributed by atoms with Gasteiger partial charge in [0, 0.05) is 34.8 Å². The Morgan fingerprint density at radius 1 is 0.760 bits per heavy atom. The molecule has 1 heterocycles. The Labute approximate surface area is 144 Å². The van der Waals surface area contributed by atoms with Crippen LogP contribution >= 0.6 is 0 Å². The van der Waals surface area contributed by atoms with Gasteiger partial charge in [0.15, 0.2) is 24.6 Å². The molecule has 10 nitrogen and oxygen atoms in total. The molecule has 0 saturated carbocycles. The van der Waals surface area contributed by atoms with E-state index in [9.17, 15) is 19.2 Å². The molecule has 0 N–H and O–H groups in total. The lowest BCUT2D eigenvalue weighted by Gasteiger charge is -2.43. The number of methoxy groups -OCH3 is 1. The fraction of sp³-hybridized carbons (Fsp3) is 0.733. The van der Waals surface area contributed by atoms with E-state index in [4.69, 9.17) is 28.4 Å². The number of ether oxygens (including phenoxy) is 6. The van der Waals surface area contributed by atoms with Gasteiger partial charge in [0.05, 0.1) is 0 Å². The third-order valence-corrected chi connectivity index (χ3v) is 3.18. The minimum Gasteiger partial charge on any atom is -0.463 e. The summed E-state index contributed by atoms with van der Waals surface area (Å²) in [5.74, 6) is -2.63. The number of esters is 4. The van der Waals surface area contributed by atoms with Gasteiger partial charge in [-0.1, -0.05) is 0 Å². The maximum atomic E-state index is 11.5. The van der Waals surface area contributed by atoms with Gasteiger partial charge >= 0.3 is 23.9 Å². The van der Waals surface area contributed by atoms with Crippen LogP contribution in [0.3, 0.4) is 0 Å². The van der Waals surface area contributed by atoms with Gasteiger partial charge in [0.1, 0.15) is 12.7 Å². The molecule has 1 aliphatic heterocycles. The molecular weight excluding hydrogens is 340 g/mol. The average Bonchev–Trinajstić information content (AvgIpc) is 2.48. The Balaban J connectivity index is 3.18. The van der Waals surface area contributed by atoms with Crippen molar-refractivity contribution >= 4 is 23.9 Å². The van der Waals surface area contributed by atoms with E-state index in [-0.39, 0.29) is 6.61 Å². The summed E-state index contributed by atoms with van der Waals surface area (Å²) >= 11 is 0. The number of carbonyl (C=O) groups is 4. The molecule has 1 fully saturated rings. The molecule has 25 heavy (non-hydrogen) atoms. The Bertz CT molecular complexity index is 516. The molecule has 1 rings (SSSR count). The van der Waals surface area contributed by atoms with Gasteiger partial charge in [-0.2, -0.15) is 0 Å². The zero-order valence-electron chi connectivity index (χ0n) is 14.7. The number of hydrogen-bond acceptors (Lipinski definition) is 10. The number of rotatable bonds is 6. The van der Waals surface area contributed by atoms with E-state index in [1.54, 1.807) is 0 Å². The van der Waals surface area contributed by atoms with Gasteiger partial charge in [-0.05, 0) is 0 Å². The molecule has 0 aromatic carbocycles. The summed E-state index contributed by atoms with van der Waals surface area (Å²) in [5, 5.41) is 0. The minimum atomic E-state index is -1.20. The second-order valence-electron chi connectivity index (χ2n) is 5.30. The molecular formula is C15H22O10. The van der Waals surface area contributed by atoms with Crippen LogP contribution in [0.5, 0.6) is 0 Å². The maximum Gasteiger partial charge on any atom is 0.303 e. The predicted octanol–water partition coefficient (Wildman–Crippen LogP) is -0.284. The molecule has 142 valence electrons. The molecule has 0 aromatic heterocycles. The molecule has 0 aliphatic carbocycles. The number of carbonyl (C=O) groups excluding carboxylic acids is 4. The van der Waals surface area contributed by atoms with Crippen molar-refractivity contribution in [1.29, 1.82) is 0 Å². The molecule has 0 spiro atoms. The van der Waals surface area contributed by atoms with Crippen LogP contribution in [-0.4, -0.2) is 68.3 Å². The second kappa shape index (κ2) is 9.33. The Kier molecular flexibility index (Phi) is 7.78. The summed E-state index contributed by atoms with van der Waals surface area (Å²) in [7, 11) is 1.29. The smallest absolute Gasteiger partial charge is 0.303 e. The van der Waals surface area contributed by atoms with E-state index in [1.807, 2.05) is 0 Å². The van der Waals surface area contributed by atoms with Crippen molar-refractivity contribution in [2.45, 2.75) is 58.4 Å². The summed E-state index contributed by atoms with van der Waals surface area (Å²) in [6, 6.07) is 0. The van der Waals surface area contributed by atoms with Gasteiger partial charge in [0.2, 0.25) is 0 Å². The van der Waals surface area contributed by atoms with Crippen LogP contribution in [-0.2, 0) is 47.6 Å². The zero-order chi connectivity index (χ0) is 19.1. The predicted molar refractivity (Wildman–Crippen MR) is 79.0 cm³/mol. The van der Waals surface area contributed by atoms with E-state index in [0.717, 1.165) is 20.8 Å². The van der Waals surface area contributed by atoms with Crippen LogP contribution in [0.1, 0.15) is 27.7 Å². The first-order valence-electron chi connectivity index (χ1n) is 7.49. The van der Waals surface area contributed by atoms with Gasteiger partial charge in [-0.25, -0.2) is 0 Å². The Hall–Kier alpha value is -2.20. The Morgan fingerprint density at radius 2 is 1.24 bits per heavy atom. The van der Waals surface area contributed by atoms with Crippen LogP contribution in [0.2, 0.25) is 0 Å². The number of hydrogen-bond donors (Lipinski definition) is 0. The highest BCUT2D eigenvalue weighted by atomic mass is 16.7. The molecule has 0 aromatic rings. The zero-order valence-corrected chi connectivity index (χ0v) is 14.7. The van der Waals surface area contributed by atoms with Gasteiger partial charge in [-0.3, -0.25) is 19.2 Å². The van der Waals surface area contributed by atoms with Crippen molar-refractivity contribution in [1.82, 2.24) is 0 Å². The lowest BCUT2D eigenvalue weighted by atomic mass is 9.98. The lowest BCUT2D eigenvalue weighted by molar-refractivity contribution is -0.302. The fourth-order valence-electron chi connectivity index (χ4n) is 2.38. The van der Waals surface area contributed by atoms with Gasteiger partial charge in [-0.15, -0.1) is 0 Å². The first-order valence-corrected chi connectivity index (χ1v) is 7.49. The first-order chi connectivity index (χ1) is 11.6. The highest BCUT2D eigenvalue weighted by molar-refractivity contribution is 5.68. The van der Waals surface area contributed by atoms with Crippen LogP contribution in [0.25, 0.3) is 0 Å². The topological polar surface area (TPSA) is 124 Å². The summed E-state index contributed by atoms with van der Waals surface area (Å²) < 4.78 is 31.1. The summed E-state index contributed by atoms with van der Waals surface area (Å²) in [6.45, 7) is 4.37. The van der Waals surface area contributed by atoms with Crippen molar-refractivity contribution < 1.29 is 47.6 Å². The van der Waals surface area contributed by atoms with E-state index >= 15 is 0 Å². The largest absolute Gasteiger partial charge is 0.463 e. The Morgan fingerprint density at radius 3 is 1.68 bits per heavy atom. The molecule has 5 atom stereocenters. The summed E-state index contributed by atoms with van der Waals surface area (Å²) in [4.78, 5) is 45.4. The van der Waals surface area contributed by atoms with Crippen LogP contribution < -0.4 is 0 Å². The van der Waals surface area contributed by atoms with Gasteiger partial charge in [0.25, 0.3) is 0 Å². The van der Waals surface area contributed by atoms with E-state index < -0.39 is 54.6 Å². The highest BCUT2D eigenvalue weighted by Gasteiger charge is 2.52. The first kappa shape index (κ1) is 20.8. The van der Waals surface area contributed by atoms with Crippen molar-refractivity contribution in [2.24, 2.45) is 0 Å². The lowest BCUT2D eigenvalue weighted by Crippen LogP contribution is -2.62. The molecule has 1 aliphatic rings. The highest BCUT2D eigenvalue weighted by Crippen LogP contribution is 2.29. The van der Waals surface area contributed by atoms with Crippen molar-refractivity contribution in [3.8, 4) is 0 Å². The third kappa shape index (κ3) is 6.31. The standard InChI is InChI=1S/C15H22O10/c1-7(16)21-6-11-12(22-8(2)17)13(23-9(3)18)14(24-10(4)19)15(20-5)25-11/h11-15H,6H2,1-5H3/t11-,12-,13-,14+,15+/m1/s1. The summed E-state index contributed by atoms with van der Waals surface area (Å²) in [5.41, 5.74) is 0. The quantitative estimate of drug-likeness (QED) is 0.460. The van der Waals surface area contributed by atoms with E-state index in [1.165, 1.54) is 14.0 Å². The van der Waals surface area contributed by atoms with Crippen LogP contribution in [0.15, 0.2) is 0 Å². The molecule has 0 bridgehead atoms. The SMILES string of the molecule is CO[C@H]1O[C@H](COC(C)=O)[C@@H](OC(C)=O)[C@@H](OC(C)=O)[C@@H]1OC(C)=O. The monoisotopic (exact) mass is 362 g/mol. The van der Waals surface area contributed by atoms with Crippen molar-refractivity contribution in [3.05, 3.63) is 0 Å². The molecule has 0 radical (unpaired) electrons. The van der Waals surface area contributed by atoms with Gasteiger partial charge < -0.3 is 28.4 Å². The van der Waals surface area contributed by atoms with Crippen molar-refractivity contribution in [3.63, 3.8) is 0 Å². The van der Waals surface area contributed by atoms with Crippen molar-refractivity contribution in [2.75, 3.05) is 13.7 Å². The fourth-order valence-corrected chi connectivity index (χ4v) is 2.38. The van der Waals surface area contributed by atoms with Crippen LogP contribution in [0.4, 0.5) is 0 Å². The van der Waals surface area contributed by atoms with E-state index in [0.29, 0.717) is 0 Å². The van der Waals surface area contributed by atoms with E-state index in [2.05, 4.69) is 0 Å². The maximum absolute atomic E-state index is 11.5. The summed E-state index contributed by atoms with van der Waals surface area (Å²) in [6.07, 6.45) is -5.67.